The summed E-state index contributed by atoms with van der Waals surface area (Å²) in [5.41, 5.74) is 2.16. The number of rotatable bonds is 5. The molecule has 6 nitrogen and oxygen atoms in total. The van der Waals surface area contributed by atoms with E-state index >= 15 is 0 Å². The van der Waals surface area contributed by atoms with Crippen LogP contribution in [0.25, 0.3) is 21.2 Å². The first-order chi connectivity index (χ1) is 14.7. The number of hydrogen-bond acceptors (Lipinski definition) is 6. The lowest BCUT2D eigenvalue weighted by molar-refractivity contribution is 0.0960. The molecule has 0 aliphatic rings. The van der Waals surface area contributed by atoms with E-state index in [0.717, 1.165) is 21.3 Å². The van der Waals surface area contributed by atoms with Gasteiger partial charge in [-0.05, 0) is 36.4 Å². The van der Waals surface area contributed by atoms with Gasteiger partial charge >= 0.3 is 0 Å². The predicted molar refractivity (Wildman–Crippen MR) is 117 cm³/mol. The molecule has 5 aromatic rings. The molecule has 0 N–H and O–H groups in total. The highest BCUT2D eigenvalue weighted by atomic mass is 32.1. The number of hydrogen-bond donors (Lipinski definition) is 0. The number of carbonyl (C=O) groups excluding carboxylic acids is 1. The lowest BCUT2D eigenvalue weighted by atomic mass is 10.2. The Hall–Kier alpha value is -3.71. The average molecular weight is 415 g/mol. The van der Waals surface area contributed by atoms with Crippen LogP contribution in [0.2, 0.25) is 0 Å². The number of benzene rings is 2. The third-order valence-electron chi connectivity index (χ3n) is 4.74. The SMILES string of the molecule is COc1cccc2cc(C(=O)N(Cc3ccccn3)c3nc4ccccc4s3)oc12. The normalized spacial score (nSPS) is 11.1. The topological polar surface area (TPSA) is 68.5 Å². The molecule has 0 atom stereocenters. The minimum Gasteiger partial charge on any atom is -0.493 e. The summed E-state index contributed by atoms with van der Waals surface area (Å²) in [6.07, 6.45) is 1.71. The van der Waals surface area contributed by atoms with Gasteiger partial charge in [0.25, 0.3) is 5.91 Å². The second-order valence-corrected chi connectivity index (χ2v) is 7.67. The lowest BCUT2D eigenvalue weighted by Gasteiger charge is -2.18. The van der Waals surface area contributed by atoms with Crippen LogP contribution >= 0.6 is 11.3 Å². The van der Waals surface area contributed by atoms with E-state index in [4.69, 9.17) is 9.15 Å². The largest absolute Gasteiger partial charge is 0.493 e. The van der Waals surface area contributed by atoms with Gasteiger partial charge in [-0.2, -0.15) is 0 Å². The Bertz CT molecular complexity index is 1310. The molecular formula is C23H17N3O3S. The summed E-state index contributed by atoms with van der Waals surface area (Å²) in [6.45, 7) is 0.285. The van der Waals surface area contributed by atoms with Gasteiger partial charge in [0, 0.05) is 11.6 Å². The maximum absolute atomic E-state index is 13.5. The van der Waals surface area contributed by atoms with E-state index in [-0.39, 0.29) is 18.2 Å². The zero-order chi connectivity index (χ0) is 20.5. The van der Waals surface area contributed by atoms with Crippen molar-refractivity contribution in [1.29, 1.82) is 0 Å². The predicted octanol–water partition coefficient (Wildman–Crippen LogP) is 5.29. The van der Waals surface area contributed by atoms with Gasteiger partial charge in [0.05, 0.1) is 29.6 Å². The van der Waals surface area contributed by atoms with Crippen LogP contribution in [-0.2, 0) is 6.54 Å². The fraction of sp³-hybridized carbons (Fsp3) is 0.0870. The molecule has 5 rings (SSSR count). The number of carbonyl (C=O) groups is 1. The number of nitrogens with zero attached hydrogens (tertiary/aromatic N) is 3. The van der Waals surface area contributed by atoms with Gasteiger partial charge in [0.2, 0.25) is 0 Å². The number of fused-ring (bicyclic) bond motifs is 2. The number of furan rings is 1. The summed E-state index contributed by atoms with van der Waals surface area (Å²) < 4.78 is 12.3. The van der Waals surface area contributed by atoms with Crippen LogP contribution in [0.3, 0.4) is 0 Å². The average Bonchev–Trinajstić information content (AvgIpc) is 3.41. The Morgan fingerprint density at radius 3 is 2.77 bits per heavy atom. The molecule has 148 valence electrons. The van der Waals surface area contributed by atoms with E-state index in [9.17, 15) is 4.79 Å². The van der Waals surface area contributed by atoms with Crippen molar-refractivity contribution in [2.24, 2.45) is 0 Å². The summed E-state index contributed by atoms with van der Waals surface area (Å²) >= 11 is 1.46. The molecule has 0 saturated carbocycles. The molecule has 3 aromatic heterocycles. The standard InChI is InChI=1S/C23H17N3O3S/c1-28-18-10-6-7-15-13-19(29-21(15)18)22(27)26(14-16-8-4-5-12-24-16)23-25-17-9-2-3-11-20(17)30-23/h2-13H,14H2,1H3. The van der Waals surface area contributed by atoms with Crippen LogP contribution < -0.4 is 9.64 Å². The van der Waals surface area contributed by atoms with Crippen molar-refractivity contribution in [1.82, 2.24) is 9.97 Å². The Morgan fingerprint density at radius 2 is 1.97 bits per heavy atom. The second kappa shape index (κ2) is 7.61. The molecule has 30 heavy (non-hydrogen) atoms. The van der Waals surface area contributed by atoms with Crippen LogP contribution in [0.1, 0.15) is 16.2 Å². The molecule has 0 unspecified atom stereocenters. The van der Waals surface area contributed by atoms with Crippen molar-refractivity contribution >= 4 is 43.6 Å². The van der Waals surface area contributed by atoms with Crippen LogP contribution in [0.5, 0.6) is 5.75 Å². The van der Waals surface area contributed by atoms with Gasteiger partial charge in [-0.3, -0.25) is 14.7 Å². The smallest absolute Gasteiger partial charge is 0.296 e. The summed E-state index contributed by atoms with van der Waals surface area (Å²) in [5.74, 6) is 0.533. The molecule has 0 bridgehead atoms. The quantitative estimate of drug-likeness (QED) is 0.390. The number of ether oxygens (including phenoxy) is 1. The van der Waals surface area contributed by atoms with Crippen molar-refractivity contribution < 1.29 is 13.9 Å². The number of methoxy groups -OCH3 is 1. The van der Waals surface area contributed by atoms with Crippen molar-refractivity contribution in [2.75, 3.05) is 12.0 Å². The monoisotopic (exact) mass is 415 g/mol. The molecular weight excluding hydrogens is 398 g/mol. The maximum Gasteiger partial charge on any atom is 0.296 e. The van der Waals surface area contributed by atoms with Crippen LogP contribution in [0.4, 0.5) is 5.13 Å². The van der Waals surface area contributed by atoms with Crippen LogP contribution in [0.15, 0.2) is 77.3 Å². The summed E-state index contributed by atoms with van der Waals surface area (Å²) in [4.78, 5) is 24.2. The zero-order valence-corrected chi connectivity index (χ0v) is 16.9. The minimum absolute atomic E-state index is 0.227. The van der Waals surface area contributed by atoms with Crippen molar-refractivity contribution in [3.63, 3.8) is 0 Å². The van der Waals surface area contributed by atoms with Gasteiger partial charge < -0.3 is 9.15 Å². The van der Waals surface area contributed by atoms with Gasteiger partial charge in [0.15, 0.2) is 22.2 Å². The fourth-order valence-corrected chi connectivity index (χ4v) is 4.25. The summed E-state index contributed by atoms with van der Waals surface area (Å²) in [6, 6.07) is 20.7. The second-order valence-electron chi connectivity index (χ2n) is 6.67. The van der Waals surface area contributed by atoms with Crippen LogP contribution in [-0.4, -0.2) is 23.0 Å². The molecule has 0 fully saturated rings. The van der Waals surface area contributed by atoms with Crippen molar-refractivity contribution in [3.05, 3.63) is 84.4 Å². The first kappa shape index (κ1) is 18.3. The Morgan fingerprint density at radius 1 is 1.10 bits per heavy atom. The molecule has 2 aromatic carbocycles. The number of amides is 1. The molecule has 0 aliphatic carbocycles. The van der Waals surface area contributed by atoms with Crippen molar-refractivity contribution in [3.8, 4) is 5.75 Å². The number of pyridine rings is 1. The third kappa shape index (κ3) is 3.29. The van der Waals surface area contributed by atoms with Crippen LogP contribution in [0, 0.1) is 0 Å². The van der Waals surface area contributed by atoms with E-state index in [1.165, 1.54) is 11.3 Å². The Kier molecular flexibility index (Phi) is 4.65. The number of aromatic nitrogens is 2. The molecule has 0 saturated heterocycles. The highest BCUT2D eigenvalue weighted by Gasteiger charge is 2.25. The summed E-state index contributed by atoms with van der Waals surface area (Å²) in [7, 11) is 1.58. The van der Waals surface area contributed by atoms with Crippen molar-refractivity contribution in [2.45, 2.75) is 6.54 Å². The number of para-hydroxylation sites is 2. The Labute approximate surface area is 176 Å². The maximum atomic E-state index is 13.5. The first-order valence-corrected chi connectivity index (χ1v) is 10.2. The third-order valence-corrected chi connectivity index (χ3v) is 5.80. The van der Waals surface area contributed by atoms with E-state index in [1.807, 2.05) is 54.6 Å². The lowest BCUT2D eigenvalue weighted by Crippen LogP contribution is -2.30. The van der Waals surface area contributed by atoms with E-state index in [0.29, 0.717) is 16.5 Å². The molecule has 3 heterocycles. The highest BCUT2D eigenvalue weighted by Crippen LogP contribution is 2.33. The van der Waals surface area contributed by atoms with Gasteiger partial charge in [-0.15, -0.1) is 0 Å². The first-order valence-electron chi connectivity index (χ1n) is 9.37. The highest BCUT2D eigenvalue weighted by molar-refractivity contribution is 7.22. The molecule has 1 amide bonds. The van der Waals surface area contributed by atoms with Gasteiger partial charge in [-0.1, -0.05) is 41.7 Å². The molecule has 0 spiro atoms. The molecule has 0 aliphatic heterocycles. The van der Waals surface area contributed by atoms with E-state index in [2.05, 4.69) is 9.97 Å². The fourth-order valence-electron chi connectivity index (χ4n) is 3.29. The molecule has 7 heteroatoms. The van der Waals surface area contributed by atoms with Gasteiger partial charge in [-0.25, -0.2) is 4.98 Å². The van der Waals surface area contributed by atoms with E-state index in [1.54, 1.807) is 30.3 Å². The zero-order valence-electron chi connectivity index (χ0n) is 16.1. The van der Waals surface area contributed by atoms with E-state index < -0.39 is 0 Å². The number of thiazole rings is 1. The molecule has 0 radical (unpaired) electrons. The minimum atomic E-state index is -0.280. The number of anilines is 1. The summed E-state index contributed by atoms with van der Waals surface area (Å²) in [5, 5.41) is 1.40. The van der Waals surface area contributed by atoms with Gasteiger partial charge in [0.1, 0.15) is 0 Å². The Balaban J connectivity index is 1.59.